The molecule has 1 aliphatic rings. The van der Waals surface area contributed by atoms with Crippen LogP contribution in [0.2, 0.25) is 0 Å². The molecule has 3 rings (SSSR count). The van der Waals surface area contributed by atoms with E-state index >= 15 is 0 Å². The van der Waals surface area contributed by atoms with E-state index in [1.807, 2.05) is 56.3 Å². The van der Waals surface area contributed by atoms with Crippen LogP contribution < -0.4 is 14.6 Å². The number of aryl methyl sites for hydroxylation is 1. The minimum atomic E-state index is -1.18. The molecule has 0 unspecified atom stereocenters. The molecule has 0 aromatic heterocycles. The first-order chi connectivity index (χ1) is 13.5. The maximum absolute atomic E-state index is 12.0. The van der Waals surface area contributed by atoms with Crippen LogP contribution in [0, 0.1) is 12.8 Å². The van der Waals surface area contributed by atoms with Crippen LogP contribution in [0.15, 0.2) is 42.5 Å². The van der Waals surface area contributed by atoms with Gasteiger partial charge in [-0.15, -0.1) is 0 Å². The first-order valence-electron chi connectivity index (χ1n) is 9.39. The van der Waals surface area contributed by atoms with Gasteiger partial charge in [-0.1, -0.05) is 35.9 Å². The molecule has 0 spiro atoms. The average molecular weight is 382 g/mol. The first-order valence-corrected chi connectivity index (χ1v) is 9.39. The summed E-state index contributed by atoms with van der Waals surface area (Å²) in [4.78, 5) is 24.6. The third-order valence-corrected chi connectivity index (χ3v) is 4.74. The summed E-state index contributed by atoms with van der Waals surface area (Å²) in [6.45, 7) is 5.36. The van der Waals surface area contributed by atoms with Gasteiger partial charge in [-0.2, -0.15) is 0 Å². The van der Waals surface area contributed by atoms with Crippen molar-refractivity contribution in [1.29, 1.82) is 0 Å². The molecule has 1 fully saturated rings. The highest BCUT2D eigenvalue weighted by molar-refractivity contribution is 5.85. The maximum Gasteiger partial charge on any atom is 0.223 e. The van der Waals surface area contributed by atoms with Gasteiger partial charge < -0.3 is 24.3 Å². The Kier molecular flexibility index (Phi) is 6.19. The minimum absolute atomic E-state index is 0.00159. The Morgan fingerprint density at radius 1 is 1.11 bits per heavy atom. The fourth-order valence-electron chi connectivity index (χ4n) is 3.19. The number of carbonyl (C=O) groups excluding carboxylic acids is 2. The lowest BCUT2D eigenvalue weighted by molar-refractivity contribution is -0.311. The van der Waals surface area contributed by atoms with Crippen LogP contribution in [-0.2, 0) is 22.7 Å². The molecule has 1 saturated heterocycles. The van der Waals surface area contributed by atoms with Crippen molar-refractivity contribution >= 4 is 11.9 Å². The summed E-state index contributed by atoms with van der Waals surface area (Å²) in [6, 6.07) is 13.7. The van der Waals surface area contributed by atoms with Crippen LogP contribution in [0.3, 0.4) is 0 Å². The van der Waals surface area contributed by atoms with E-state index in [1.165, 1.54) is 5.56 Å². The number of likely N-dealkylation sites (tertiary alicyclic amines) is 1. The predicted octanol–water partition coefficient (Wildman–Crippen LogP) is 2.07. The number of hydrogen-bond acceptors (Lipinski definition) is 5. The van der Waals surface area contributed by atoms with Gasteiger partial charge in [0.25, 0.3) is 0 Å². The molecule has 0 radical (unpaired) electrons. The predicted molar refractivity (Wildman–Crippen MR) is 102 cm³/mol. The monoisotopic (exact) mass is 382 g/mol. The van der Waals surface area contributed by atoms with Gasteiger partial charge in [0.1, 0.15) is 6.61 Å². The smallest absolute Gasteiger partial charge is 0.223 e. The highest BCUT2D eigenvalue weighted by Gasteiger charge is 2.30. The molecule has 1 atom stereocenters. The quantitative estimate of drug-likeness (QED) is 0.698. The zero-order valence-electron chi connectivity index (χ0n) is 16.1. The standard InChI is InChI=1S/C22H25NO5/c1-3-27-20-10-17(12-23-13-18(22(25)26)11-21(23)24)8-9-19(20)28-14-16-6-4-15(2)5-7-16/h4-10,18H,3,11-14H2,1-2H3,(H,25,26)/p-1/t18-/m0/s1. The Hall–Kier alpha value is -3.02. The topological polar surface area (TPSA) is 78.9 Å². The fourth-order valence-corrected chi connectivity index (χ4v) is 3.19. The van der Waals surface area contributed by atoms with Crippen LogP contribution in [0.4, 0.5) is 0 Å². The molecule has 1 aliphatic heterocycles. The molecule has 0 aliphatic carbocycles. The van der Waals surface area contributed by atoms with E-state index in [-0.39, 0.29) is 18.9 Å². The summed E-state index contributed by atoms with van der Waals surface area (Å²) < 4.78 is 11.6. The molecule has 6 nitrogen and oxygen atoms in total. The molecule has 0 N–H and O–H groups in total. The lowest BCUT2D eigenvalue weighted by Crippen LogP contribution is -2.33. The summed E-state index contributed by atoms with van der Waals surface area (Å²) >= 11 is 0. The van der Waals surface area contributed by atoms with Crippen molar-refractivity contribution in [3.8, 4) is 11.5 Å². The lowest BCUT2D eigenvalue weighted by Gasteiger charge is -2.19. The minimum Gasteiger partial charge on any atom is -0.550 e. The second kappa shape index (κ2) is 8.78. The van der Waals surface area contributed by atoms with Crippen molar-refractivity contribution in [2.75, 3.05) is 13.2 Å². The van der Waals surface area contributed by atoms with E-state index in [2.05, 4.69) is 0 Å². The number of rotatable bonds is 8. The van der Waals surface area contributed by atoms with E-state index in [9.17, 15) is 14.7 Å². The van der Waals surface area contributed by atoms with Gasteiger partial charge in [0, 0.05) is 31.4 Å². The molecule has 1 heterocycles. The zero-order valence-corrected chi connectivity index (χ0v) is 16.1. The summed E-state index contributed by atoms with van der Waals surface area (Å²) in [7, 11) is 0. The molecule has 2 aromatic rings. The Balaban J connectivity index is 1.69. The normalized spacial score (nSPS) is 16.3. The Morgan fingerprint density at radius 2 is 1.82 bits per heavy atom. The third kappa shape index (κ3) is 4.82. The molecule has 0 bridgehead atoms. The third-order valence-electron chi connectivity index (χ3n) is 4.74. The Morgan fingerprint density at radius 3 is 2.46 bits per heavy atom. The van der Waals surface area contributed by atoms with Crippen molar-refractivity contribution in [2.45, 2.75) is 33.4 Å². The largest absolute Gasteiger partial charge is 0.550 e. The van der Waals surface area contributed by atoms with E-state index in [1.54, 1.807) is 4.90 Å². The van der Waals surface area contributed by atoms with E-state index in [0.29, 0.717) is 31.3 Å². The molecule has 28 heavy (non-hydrogen) atoms. The van der Waals surface area contributed by atoms with Crippen molar-refractivity contribution in [3.05, 3.63) is 59.2 Å². The van der Waals surface area contributed by atoms with Gasteiger partial charge in [-0.05, 0) is 37.1 Å². The fraction of sp³-hybridized carbons (Fsp3) is 0.364. The number of hydrogen-bond donors (Lipinski definition) is 0. The number of amides is 1. The van der Waals surface area contributed by atoms with E-state index in [0.717, 1.165) is 11.1 Å². The van der Waals surface area contributed by atoms with Crippen LogP contribution in [-0.4, -0.2) is 29.9 Å². The molecule has 6 heteroatoms. The number of carbonyl (C=O) groups is 2. The van der Waals surface area contributed by atoms with Gasteiger partial charge in [0.15, 0.2) is 11.5 Å². The average Bonchev–Trinajstić information content (AvgIpc) is 3.03. The number of carboxylic acid groups (broad SMARTS) is 1. The second-order valence-electron chi connectivity index (χ2n) is 6.98. The summed E-state index contributed by atoms with van der Waals surface area (Å²) in [5.41, 5.74) is 3.12. The lowest BCUT2D eigenvalue weighted by atomic mass is 10.1. The molecule has 148 valence electrons. The summed E-state index contributed by atoms with van der Waals surface area (Å²) in [5.74, 6) is -0.852. The van der Waals surface area contributed by atoms with Crippen LogP contribution in [0.5, 0.6) is 11.5 Å². The van der Waals surface area contributed by atoms with Gasteiger partial charge in [-0.3, -0.25) is 4.79 Å². The van der Waals surface area contributed by atoms with E-state index in [4.69, 9.17) is 9.47 Å². The number of ether oxygens (including phenoxy) is 2. The van der Waals surface area contributed by atoms with Crippen LogP contribution in [0.25, 0.3) is 0 Å². The SMILES string of the molecule is CCOc1cc(CN2C[C@@H](C(=O)[O-])CC2=O)ccc1OCc1ccc(C)cc1. The molecular formula is C22H24NO5-. The van der Waals surface area contributed by atoms with Crippen molar-refractivity contribution in [3.63, 3.8) is 0 Å². The number of benzene rings is 2. The second-order valence-corrected chi connectivity index (χ2v) is 6.98. The zero-order chi connectivity index (χ0) is 20.1. The molecular weight excluding hydrogens is 358 g/mol. The number of nitrogens with zero attached hydrogens (tertiary/aromatic N) is 1. The first kappa shape index (κ1) is 19.7. The Labute approximate surface area is 164 Å². The summed E-state index contributed by atoms with van der Waals surface area (Å²) in [5, 5.41) is 11.0. The van der Waals surface area contributed by atoms with Crippen LogP contribution >= 0.6 is 0 Å². The Bertz CT molecular complexity index is 847. The molecule has 0 saturated carbocycles. The number of aliphatic carboxylic acids is 1. The van der Waals surface area contributed by atoms with Crippen molar-refractivity contribution in [1.82, 2.24) is 4.90 Å². The molecule has 2 aromatic carbocycles. The van der Waals surface area contributed by atoms with Crippen molar-refractivity contribution < 1.29 is 24.2 Å². The van der Waals surface area contributed by atoms with Gasteiger partial charge in [-0.25, -0.2) is 0 Å². The highest BCUT2D eigenvalue weighted by Crippen LogP contribution is 2.30. The van der Waals surface area contributed by atoms with Gasteiger partial charge >= 0.3 is 0 Å². The summed E-state index contributed by atoms with van der Waals surface area (Å²) in [6.07, 6.45) is -0.00159. The number of carboxylic acids is 1. The van der Waals surface area contributed by atoms with Gasteiger partial charge in [0.2, 0.25) is 5.91 Å². The molecule has 1 amide bonds. The van der Waals surface area contributed by atoms with Gasteiger partial charge in [0.05, 0.1) is 6.61 Å². The van der Waals surface area contributed by atoms with Crippen molar-refractivity contribution in [2.24, 2.45) is 5.92 Å². The van der Waals surface area contributed by atoms with E-state index < -0.39 is 11.9 Å². The van der Waals surface area contributed by atoms with Crippen LogP contribution in [0.1, 0.15) is 30.0 Å². The highest BCUT2D eigenvalue weighted by atomic mass is 16.5. The maximum atomic E-state index is 12.0.